The van der Waals surface area contributed by atoms with Gasteiger partial charge in [-0.05, 0) is 111 Å². The van der Waals surface area contributed by atoms with Gasteiger partial charge in [0, 0.05) is 12.3 Å². The van der Waals surface area contributed by atoms with Gasteiger partial charge in [-0.2, -0.15) is 0 Å². The Balaban J connectivity index is 1.00. The fourth-order valence-electron chi connectivity index (χ4n) is 14.8. The van der Waals surface area contributed by atoms with Crippen molar-refractivity contribution in [2.45, 2.75) is 206 Å². The van der Waals surface area contributed by atoms with Crippen LogP contribution in [-0.2, 0) is 42.7 Å². The smallest absolute Gasteiger partial charge is 0.310 e. The normalized spacial score (nSPS) is 53.0. The molecule has 22 atom stereocenters. The third kappa shape index (κ3) is 7.96. The highest BCUT2D eigenvalue weighted by Crippen LogP contribution is 2.76. The molecule has 7 fully saturated rings. The number of hydrogen-bond donors (Lipinski definition) is 8. The SMILES string of the molecule is CC(=O)O[C@@H]1CO[C@@H](O[C@@H]2[C@@H](O)[C@H](C)O[C@@H](O[C@@H]3[C@@H](O[C@H]4CC[C@]5(C)[C@@H](CC[C@]6(C)[C@@H]5CC=C5[C@@H]7CC(C)(C)CC[C@]7(C(=O)O)CC[C@]56C)[C@]4(C)CO)OC[C@H](O)[C@@H]3O)[C@@H]2O)[C@H](O)[C@H]1O. The molecule has 370 valence electrons. The number of hydrogen-bond acceptors (Lipinski definition) is 16. The molecular weight excluding hydrogens is 849 g/mol. The number of aliphatic carboxylic acids is 1. The third-order valence-corrected chi connectivity index (χ3v) is 19.0. The topological polar surface area (TPSA) is 261 Å². The second-order valence-electron chi connectivity index (χ2n) is 23.0. The molecule has 0 aromatic rings. The van der Waals surface area contributed by atoms with Gasteiger partial charge in [0.05, 0.1) is 37.4 Å². The maximum atomic E-state index is 13.1. The first-order chi connectivity index (χ1) is 30.4. The Morgan fingerprint density at radius 2 is 1.42 bits per heavy atom. The maximum Gasteiger partial charge on any atom is 0.310 e. The van der Waals surface area contributed by atoms with Gasteiger partial charge in [-0.25, -0.2) is 0 Å². The first-order valence-electron chi connectivity index (χ1n) is 24.0. The van der Waals surface area contributed by atoms with Crippen LogP contribution < -0.4 is 0 Å². The van der Waals surface area contributed by atoms with Crippen LogP contribution in [0.25, 0.3) is 0 Å². The molecule has 8 rings (SSSR count). The first kappa shape index (κ1) is 49.6. The average Bonchev–Trinajstić information content (AvgIpc) is 3.24. The highest BCUT2D eigenvalue weighted by Gasteiger charge is 2.70. The van der Waals surface area contributed by atoms with Gasteiger partial charge in [0.1, 0.15) is 48.8 Å². The number of aliphatic hydroxyl groups excluding tert-OH is 7. The van der Waals surface area contributed by atoms with Crippen LogP contribution in [0, 0.1) is 50.2 Å². The highest BCUT2D eigenvalue weighted by atomic mass is 16.8. The van der Waals surface area contributed by atoms with E-state index in [1.807, 2.05) is 0 Å². The molecule has 0 unspecified atom stereocenters. The summed E-state index contributed by atoms with van der Waals surface area (Å²) in [6.07, 6.45) is -9.35. The van der Waals surface area contributed by atoms with Crippen molar-refractivity contribution in [2.24, 2.45) is 50.2 Å². The van der Waals surface area contributed by atoms with Crippen molar-refractivity contribution in [3.63, 3.8) is 0 Å². The lowest BCUT2D eigenvalue weighted by molar-refractivity contribution is -0.379. The van der Waals surface area contributed by atoms with Crippen molar-refractivity contribution >= 4 is 11.9 Å². The molecule has 3 saturated heterocycles. The summed E-state index contributed by atoms with van der Waals surface area (Å²) in [6.45, 7) is 15.7. The summed E-state index contributed by atoms with van der Waals surface area (Å²) in [5, 5.41) is 88.5. The van der Waals surface area contributed by atoms with Crippen LogP contribution in [-0.4, -0.2) is 159 Å². The minimum atomic E-state index is -1.76. The zero-order valence-electron chi connectivity index (χ0n) is 39.3. The monoisotopic (exact) mass is 925 g/mol. The number of esters is 1. The van der Waals surface area contributed by atoms with E-state index in [9.17, 15) is 50.4 Å². The van der Waals surface area contributed by atoms with E-state index < -0.39 is 109 Å². The zero-order valence-corrected chi connectivity index (χ0v) is 39.3. The fraction of sp³-hybridized carbons (Fsp3) is 0.917. The zero-order chi connectivity index (χ0) is 47.4. The predicted molar refractivity (Wildman–Crippen MR) is 228 cm³/mol. The van der Waals surface area contributed by atoms with E-state index >= 15 is 0 Å². The van der Waals surface area contributed by atoms with Crippen LogP contribution >= 0.6 is 0 Å². The summed E-state index contributed by atoms with van der Waals surface area (Å²) in [6, 6.07) is 0. The molecule has 0 aromatic carbocycles. The molecular formula is C48H76O17. The number of allylic oxidation sites excluding steroid dienone is 2. The van der Waals surface area contributed by atoms with E-state index in [4.69, 9.17) is 33.2 Å². The second kappa shape index (κ2) is 17.5. The number of carbonyl (C=O) groups is 2. The van der Waals surface area contributed by atoms with Crippen LogP contribution in [0.15, 0.2) is 11.6 Å². The average molecular weight is 925 g/mol. The van der Waals surface area contributed by atoms with E-state index in [1.54, 1.807) is 0 Å². The highest BCUT2D eigenvalue weighted by molar-refractivity contribution is 5.76. The van der Waals surface area contributed by atoms with Crippen molar-refractivity contribution in [2.75, 3.05) is 19.8 Å². The maximum absolute atomic E-state index is 13.1. The molecule has 3 aliphatic heterocycles. The molecule has 8 N–H and O–H groups in total. The molecule has 0 bridgehead atoms. The van der Waals surface area contributed by atoms with E-state index in [1.165, 1.54) is 12.5 Å². The summed E-state index contributed by atoms with van der Waals surface area (Å²) in [7, 11) is 0. The Morgan fingerprint density at radius 3 is 2.09 bits per heavy atom. The van der Waals surface area contributed by atoms with Gasteiger partial charge in [0.2, 0.25) is 0 Å². The Kier molecular flexibility index (Phi) is 13.4. The molecule has 0 amide bonds. The van der Waals surface area contributed by atoms with Crippen LogP contribution in [0.4, 0.5) is 0 Å². The van der Waals surface area contributed by atoms with Crippen molar-refractivity contribution < 1.29 is 83.6 Å². The van der Waals surface area contributed by atoms with Crippen molar-refractivity contribution in [1.29, 1.82) is 0 Å². The van der Waals surface area contributed by atoms with E-state index in [2.05, 4.69) is 47.6 Å². The van der Waals surface area contributed by atoms with Gasteiger partial charge in [0.25, 0.3) is 0 Å². The summed E-state index contributed by atoms with van der Waals surface area (Å²) >= 11 is 0. The van der Waals surface area contributed by atoms with Gasteiger partial charge in [-0.15, -0.1) is 0 Å². The lowest BCUT2D eigenvalue weighted by Crippen LogP contribution is -2.67. The molecule has 8 aliphatic rings. The molecule has 17 heteroatoms. The van der Waals surface area contributed by atoms with Gasteiger partial charge in [0.15, 0.2) is 25.0 Å². The predicted octanol–water partition coefficient (Wildman–Crippen LogP) is 2.56. The number of carboxylic acid groups (broad SMARTS) is 1. The Bertz CT molecular complexity index is 1810. The summed E-state index contributed by atoms with van der Waals surface area (Å²) in [5.74, 6) is -1.06. The molecule has 65 heavy (non-hydrogen) atoms. The van der Waals surface area contributed by atoms with Gasteiger partial charge >= 0.3 is 11.9 Å². The molecule has 0 aromatic heterocycles. The molecule has 0 spiro atoms. The van der Waals surface area contributed by atoms with Gasteiger partial charge < -0.3 is 74.0 Å². The number of carboxylic acids is 1. The molecule has 17 nitrogen and oxygen atoms in total. The standard InChI is InChI=1S/C48H76O17/c1-23-32(52)37(64-39-35(55)34(54)28(21-60-39)62-24(2)50)36(56)40(61-23)65-38-33(53)27(51)20-59-41(38)63-31-12-13-44(5)29(45(31,6)22-49)11-14-47(8)30(44)10-9-25-26-19-43(3,4)15-17-48(26,42(57)58)18-16-46(25,47)7/h9,23,26-41,49,51-56H,10-22H2,1-8H3,(H,57,58)/t23-,26-,27-,28+,29+,30+,31-,32-,33-,34-,35+,36+,37+,38-,39-,40-,41+,44+,45-,46+,47+,48-/m0/s1. The number of fused-ring (bicyclic) bond motifs is 7. The summed E-state index contributed by atoms with van der Waals surface area (Å²) < 4.78 is 41.4. The summed E-state index contributed by atoms with van der Waals surface area (Å²) in [4.78, 5) is 24.6. The lowest BCUT2D eigenvalue weighted by atomic mass is 9.33. The minimum absolute atomic E-state index is 0.000155. The van der Waals surface area contributed by atoms with Gasteiger partial charge in [-0.3, -0.25) is 9.59 Å². The van der Waals surface area contributed by atoms with Crippen molar-refractivity contribution in [3.05, 3.63) is 11.6 Å². The third-order valence-electron chi connectivity index (χ3n) is 19.0. The second-order valence-corrected chi connectivity index (χ2v) is 23.0. The molecule has 5 aliphatic carbocycles. The summed E-state index contributed by atoms with van der Waals surface area (Å²) in [5.41, 5.74) is -0.577. The van der Waals surface area contributed by atoms with E-state index in [-0.39, 0.29) is 59.2 Å². The Labute approximate surface area is 382 Å². The van der Waals surface area contributed by atoms with E-state index in [0.717, 1.165) is 51.9 Å². The lowest BCUT2D eigenvalue weighted by Gasteiger charge is -2.71. The largest absolute Gasteiger partial charge is 0.481 e. The molecule has 3 heterocycles. The van der Waals surface area contributed by atoms with Crippen LogP contribution in [0.2, 0.25) is 0 Å². The van der Waals surface area contributed by atoms with E-state index in [0.29, 0.717) is 19.3 Å². The van der Waals surface area contributed by atoms with Crippen molar-refractivity contribution in [3.8, 4) is 0 Å². The number of rotatable bonds is 9. The van der Waals surface area contributed by atoms with Crippen molar-refractivity contribution in [1.82, 2.24) is 0 Å². The Hall–Kier alpha value is -1.84. The van der Waals surface area contributed by atoms with Crippen LogP contribution in [0.5, 0.6) is 0 Å². The molecule has 4 saturated carbocycles. The van der Waals surface area contributed by atoms with Gasteiger partial charge in [-0.1, -0.05) is 53.2 Å². The van der Waals surface area contributed by atoms with Crippen LogP contribution in [0.1, 0.15) is 120 Å². The quantitative estimate of drug-likeness (QED) is 0.0939. The fourth-order valence-corrected chi connectivity index (χ4v) is 14.8. The number of ether oxygens (including phenoxy) is 7. The number of aliphatic hydroxyl groups is 7. The van der Waals surface area contributed by atoms with Crippen LogP contribution in [0.3, 0.4) is 0 Å². The first-order valence-corrected chi connectivity index (χ1v) is 24.0. The molecule has 0 radical (unpaired) electrons. The number of carbonyl (C=O) groups excluding carboxylic acids is 1. The minimum Gasteiger partial charge on any atom is -0.481 e. The Morgan fingerprint density at radius 1 is 0.738 bits per heavy atom.